The van der Waals surface area contributed by atoms with Crippen molar-refractivity contribution in [3.8, 4) is 11.3 Å². The Hall–Kier alpha value is -3.70. The van der Waals surface area contributed by atoms with Crippen LogP contribution in [0.1, 0.15) is 23.2 Å². The Labute approximate surface area is 180 Å². The van der Waals surface area contributed by atoms with Crippen molar-refractivity contribution < 1.29 is 18.0 Å². The van der Waals surface area contributed by atoms with Crippen molar-refractivity contribution in [2.75, 3.05) is 18.8 Å². The largest absolute Gasteiger partial charge is 0.419 e. The zero-order valence-electron chi connectivity index (χ0n) is 16.8. The fourth-order valence-corrected chi connectivity index (χ4v) is 4.30. The normalized spacial score (nSPS) is 16.7. The minimum Gasteiger partial charge on any atom is -0.383 e. The van der Waals surface area contributed by atoms with Gasteiger partial charge in [-0.15, -0.1) is 0 Å². The fourth-order valence-electron chi connectivity index (χ4n) is 4.30. The number of carbonyl (C=O) groups excluding carboxylic acids is 1. The highest BCUT2D eigenvalue weighted by Crippen LogP contribution is 2.44. The first-order chi connectivity index (χ1) is 15.2. The maximum Gasteiger partial charge on any atom is 0.419 e. The van der Waals surface area contributed by atoms with Crippen LogP contribution in [0.5, 0.6) is 0 Å². The molecule has 1 spiro atoms. The van der Waals surface area contributed by atoms with Crippen LogP contribution in [0.2, 0.25) is 0 Å². The van der Waals surface area contributed by atoms with Crippen molar-refractivity contribution in [1.82, 2.24) is 34.9 Å². The standard InChI is InChI=1S/C20H19F3N8O/c21-20(22,23)14-3-13(8-27-17(14)24)15-4-16-19(1-2-31(16)29-15)9-30(10-19)18(32)28-7-12-5-25-11-26-6-12/h3-6,8,11H,1-2,7,9-10H2,(H2,24,27)(H,28,32). The lowest BCUT2D eigenvalue weighted by atomic mass is 9.76. The molecule has 3 N–H and O–H groups in total. The quantitative estimate of drug-likeness (QED) is 0.640. The van der Waals surface area contributed by atoms with Crippen LogP contribution in [-0.4, -0.2) is 48.8 Å². The van der Waals surface area contributed by atoms with Crippen LogP contribution in [0.25, 0.3) is 11.3 Å². The number of aryl methyl sites for hydroxylation is 1. The number of nitrogens with two attached hydrogens (primary N) is 1. The van der Waals surface area contributed by atoms with Gasteiger partial charge < -0.3 is 16.0 Å². The summed E-state index contributed by atoms with van der Waals surface area (Å²) in [5, 5.41) is 7.32. The Morgan fingerprint density at radius 3 is 2.66 bits per heavy atom. The van der Waals surface area contributed by atoms with Gasteiger partial charge in [-0.3, -0.25) is 4.68 Å². The zero-order chi connectivity index (χ0) is 22.5. The SMILES string of the molecule is Nc1ncc(-c2cc3n(n2)CCC32CN(C(=O)NCc3cncnc3)C2)cc1C(F)(F)F. The molecule has 0 aliphatic carbocycles. The van der Waals surface area contributed by atoms with Crippen LogP contribution in [0.4, 0.5) is 23.8 Å². The number of fused-ring (bicyclic) bond motifs is 2. The van der Waals surface area contributed by atoms with E-state index >= 15 is 0 Å². The van der Waals surface area contributed by atoms with Crippen LogP contribution in [0.3, 0.4) is 0 Å². The molecule has 3 aromatic rings. The van der Waals surface area contributed by atoms with Gasteiger partial charge in [-0.1, -0.05) is 0 Å². The number of nitrogens with one attached hydrogen (secondary N) is 1. The van der Waals surface area contributed by atoms with Crippen LogP contribution >= 0.6 is 0 Å². The highest BCUT2D eigenvalue weighted by molar-refractivity contribution is 5.76. The van der Waals surface area contributed by atoms with Crippen LogP contribution < -0.4 is 11.1 Å². The van der Waals surface area contributed by atoms with E-state index in [2.05, 4.69) is 25.4 Å². The number of likely N-dealkylation sites (tertiary alicyclic amines) is 1. The summed E-state index contributed by atoms with van der Waals surface area (Å²) in [7, 11) is 0. The van der Waals surface area contributed by atoms with Gasteiger partial charge in [0.05, 0.1) is 11.3 Å². The minimum absolute atomic E-state index is 0.185. The lowest BCUT2D eigenvalue weighted by molar-refractivity contribution is -0.137. The molecule has 5 heterocycles. The number of urea groups is 1. The summed E-state index contributed by atoms with van der Waals surface area (Å²) in [4.78, 5) is 25.7. The molecule has 12 heteroatoms. The Morgan fingerprint density at radius 1 is 1.19 bits per heavy atom. The van der Waals surface area contributed by atoms with Gasteiger partial charge in [0.25, 0.3) is 0 Å². The van der Waals surface area contributed by atoms with Gasteiger partial charge in [0.15, 0.2) is 0 Å². The minimum atomic E-state index is -4.59. The van der Waals surface area contributed by atoms with Crippen molar-refractivity contribution in [1.29, 1.82) is 0 Å². The van der Waals surface area contributed by atoms with Crippen LogP contribution in [-0.2, 0) is 24.7 Å². The third-order valence-corrected chi connectivity index (χ3v) is 5.98. The van der Waals surface area contributed by atoms with Gasteiger partial charge in [-0.2, -0.15) is 18.3 Å². The number of hydrogen-bond acceptors (Lipinski definition) is 6. The van der Waals surface area contributed by atoms with Crippen molar-refractivity contribution >= 4 is 11.8 Å². The third-order valence-electron chi connectivity index (χ3n) is 5.98. The number of anilines is 1. The lowest BCUT2D eigenvalue weighted by Gasteiger charge is -2.47. The fraction of sp³-hybridized carbons (Fsp3) is 0.350. The number of rotatable bonds is 3. The second-order valence-electron chi connectivity index (χ2n) is 8.08. The van der Waals surface area contributed by atoms with Gasteiger partial charge in [-0.05, 0) is 18.6 Å². The van der Waals surface area contributed by atoms with Crippen molar-refractivity contribution in [3.63, 3.8) is 0 Å². The van der Waals surface area contributed by atoms with E-state index in [0.29, 0.717) is 31.9 Å². The Kier molecular flexibility index (Phi) is 4.53. The summed E-state index contributed by atoms with van der Waals surface area (Å²) >= 11 is 0. The van der Waals surface area contributed by atoms with Gasteiger partial charge >= 0.3 is 12.2 Å². The smallest absolute Gasteiger partial charge is 0.383 e. The molecule has 0 unspecified atom stereocenters. The highest BCUT2D eigenvalue weighted by Gasteiger charge is 2.51. The van der Waals surface area contributed by atoms with Crippen molar-refractivity contribution in [2.45, 2.75) is 31.1 Å². The summed E-state index contributed by atoms with van der Waals surface area (Å²) in [6.07, 6.45) is 2.22. The molecule has 0 atom stereocenters. The topological polar surface area (TPSA) is 115 Å². The molecular weight excluding hydrogens is 425 g/mol. The van der Waals surface area contributed by atoms with Crippen LogP contribution in [0, 0.1) is 0 Å². The molecule has 32 heavy (non-hydrogen) atoms. The van der Waals surface area contributed by atoms with E-state index in [-0.39, 0.29) is 17.0 Å². The maximum absolute atomic E-state index is 13.2. The molecule has 1 saturated heterocycles. The number of pyridine rings is 1. The number of amides is 2. The Bertz CT molecular complexity index is 1170. The average Bonchev–Trinajstić information content (AvgIpc) is 3.30. The van der Waals surface area contributed by atoms with E-state index < -0.39 is 17.6 Å². The molecule has 0 radical (unpaired) electrons. The first-order valence-electron chi connectivity index (χ1n) is 9.93. The van der Waals surface area contributed by atoms with Crippen LogP contribution in [0.15, 0.2) is 37.1 Å². The number of aromatic nitrogens is 5. The van der Waals surface area contributed by atoms with Gasteiger partial charge in [0, 0.05) is 67.0 Å². The predicted octanol–water partition coefficient (Wildman–Crippen LogP) is 2.20. The van der Waals surface area contributed by atoms with Gasteiger partial charge in [0.1, 0.15) is 12.1 Å². The Balaban J connectivity index is 1.30. The first-order valence-corrected chi connectivity index (χ1v) is 9.93. The van der Waals surface area contributed by atoms with E-state index in [0.717, 1.165) is 23.7 Å². The molecule has 3 aromatic heterocycles. The molecule has 2 aliphatic heterocycles. The molecule has 0 saturated carbocycles. The van der Waals surface area contributed by atoms with E-state index in [1.54, 1.807) is 28.0 Å². The lowest BCUT2D eigenvalue weighted by Crippen LogP contribution is -2.62. The number of nitrogens with zero attached hydrogens (tertiary/aromatic N) is 6. The van der Waals surface area contributed by atoms with E-state index in [1.807, 2.05) is 0 Å². The van der Waals surface area contributed by atoms with E-state index in [1.165, 1.54) is 12.5 Å². The van der Waals surface area contributed by atoms with E-state index in [9.17, 15) is 18.0 Å². The number of hydrogen-bond donors (Lipinski definition) is 2. The molecule has 2 aliphatic rings. The van der Waals surface area contributed by atoms with Gasteiger partial charge in [-0.25, -0.2) is 19.7 Å². The maximum atomic E-state index is 13.2. The summed E-state index contributed by atoms with van der Waals surface area (Å²) in [5.41, 5.74) is 6.55. The predicted molar refractivity (Wildman–Crippen MR) is 107 cm³/mol. The molecule has 0 bridgehead atoms. The molecule has 0 aromatic carbocycles. The molecular formula is C20H19F3N8O. The van der Waals surface area contributed by atoms with Gasteiger partial charge in [0.2, 0.25) is 0 Å². The molecule has 2 amide bonds. The van der Waals surface area contributed by atoms with Crippen molar-refractivity contribution in [3.05, 3.63) is 53.9 Å². The molecule has 9 nitrogen and oxygen atoms in total. The number of nitrogen functional groups attached to an aromatic ring is 1. The summed E-state index contributed by atoms with van der Waals surface area (Å²) in [6.45, 7) is 2.00. The monoisotopic (exact) mass is 444 g/mol. The molecule has 5 rings (SSSR count). The number of carbonyl (C=O) groups is 1. The second kappa shape index (κ2) is 7.18. The number of alkyl halides is 3. The number of halogens is 3. The average molecular weight is 444 g/mol. The van der Waals surface area contributed by atoms with Crippen molar-refractivity contribution in [2.24, 2.45) is 0 Å². The summed E-state index contributed by atoms with van der Waals surface area (Å²) < 4.78 is 41.4. The second-order valence-corrected chi connectivity index (χ2v) is 8.08. The summed E-state index contributed by atoms with van der Waals surface area (Å²) in [5.74, 6) is -0.563. The third kappa shape index (κ3) is 3.41. The highest BCUT2D eigenvalue weighted by atomic mass is 19.4. The molecule has 1 fully saturated rings. The Morgan fingerprint density at radius 2 is 1.94 bits per heavy atom. The summed E-state index contributed by atoms with van der Waals surface area (Å²) in [6, 6.07) is 2.58. The zero-order valence-corrected chi connectivity index (χ0v) is 16.8. The van der Waals surface area contributed by atoms with E-state index in [4.69, 9.17) is 5.73 Å². The first kappa shape index (κ1) is 20.2. The molecule has 166 valence electrons.